The summed E-state index contributed by atoms with van der Waals surface area (Å²) in [5.41, 5.74) is 0.464. The molecule has 0 bridgehead atoms. The van der Waals surface area contributed by atoms with Crippen molar-refractivity contribution >= 4 is 0 Å². The fourth-order valence-corrected chi connectivity index (χ4v) is 2.33. The van der Waals surface area contributed by atoms with Crippen LogP contribution in [0.3, 0.4) is 0 Å². The monoisotopic (exact) mass is 199 g/mol. The van der Waals surface area contributed by atoms with E-state index in [9.17, 15) is 0 Å². The molecule has 1 fully saturated rings. The predicted molar refractivity (Wildman–Crippen MR) is 60.5 cm³/mol. The molecule has 0 aromatic rings. The van der Waals surface area contributed by atoms with Crippen LogP contribution in [0, 0.1) is 11.3 Å². The second kappa shape index (κ2) is 5.13. The first-order valence-electron chi connectivity index (χ1n) is 5.77. The summed E-state index contributed by atoms with van der Waals surface area (Å²) in [7, 11) is 0. The second-order valence-corrected chi connectivity index (χ2v) is 5.78. The lowest BCUT2D eigenvalue weighted by molar-refractivity contribution is 0.0291. The Labute approximate surface area is 88.6 Å². The van der Waals surface area contributed by atoms with Crippen molar-refractivity contribution in [3.8, 4) is 0 Å². The van der Waals surface area contributed by atoms with Gasteiger partial charge in [0.2, 0.25) is 0 Å². The average Bonchev–Trinajstić information content (AvgIpc) is 2.02. The van der Waals surface area contributed by atoms with Gasteiger partial charge in [0.05, 0.1) is 13.2 Å². The van der Waals surface area contributed by atoms with Crippen LogP contribution in [-0.2, 0) is 4.74 Å². The maximum atomic E-state index is 5.34. The van der Waals surface area contributed by atoms with Crippen LogP contribution in [0.4, 0.5) is 0 Å². The third-order valence-electron chi connectivity index (χ3n) is 2.63. The van der Waals surface area contributed by atoms with Gasteiger partial charge in [-0.05, 0) is 17.8 Å². The highest BCUT2D eigenvalue weighted by Crippen LogP contribution is 2.24. The van der Waals surface area contributed by atoms with Crippen LogP contribution < -0.4 is 0 Å². The van der Waals surface area contributed by atoms with Gasteiger partial charge in [-0.1, -0.05) is 27.7 Å². The van der Waals surface area contributed by atoms with E-state index in [0.29, 0.717) is 5.41 Å². The van der Waals surface area contributed by atoms with Crippen LogP contribution >= 0.6 is 0 Å². The predicted octanol–water partition coefficient (Wildman–Crippen LogP) is 2.39. The Hall–Kier alpha value is -0.0800. The Morgan fingerprint density at radius 1 is 1.21 bits per heavy atom. The molecule has 0 amide bonds. The van der Waals surface area contributed by atoms with Gasteiger partial charge in [-0.15, -0.1) is 0 Å². The van der Waals surface area contributed by atoms with Gasteiger partial charge < -0.3 is 4.74 Å². The highest BCUT2D eigenvalue weighted by Gasteiger charge is 2.18. The molecule has 2 nitrogen and oxygen atoms in total. The lowest BCUT2D eigenvalue weighted by atomic mass is 9.85. The molecule has 0 N–H and O–H groups in total. The van der Waals surface area contributed by atoms with Gasteiger partial charge >= 0.3 is 0 Å². The third kappa shape index (κ3) is 4.97. The first-order chi connectivity index (χ1) is 6.47. The molecule has 14 heavy (non-hydrogen) atoms. The van der Waals surface area contributed by atoms with Gasteiger partial charge in [0.15, 0.2) is 0 Å². The summed E-state index contributed by atoms with van der Waals surface area (Å²) in [6.07, 6.45) is 1.31. The Bertz CT molecular complexity index is 156. The maximum absolute atomic E-state index is 5.34. The van der Waals surface area contributed by atoms with Crippen molar-refractivity contribution in [2.24, 2.45) is 11.3 Å². The van der Waals surface area contributed by atoms with Crippen molar-refractivity contribution in [1.29, 1.82) is 0 Å². The summed E-state index contributed by atoms with van der Waals surface area (Å²) in [4.78, 5) is 2.53. The molecule has 0 spiro atoms. The molecule has 0 radical (unpaired) electrons. The normalized spacial score (nSPS) is 22.3. The number of rotatable bonds is 3. The standard InChI is InChI=1S/C12H25NO/c1-11(9-12(2,3)4)10-13-5-7-14-8-6-13/h11H,5-10H2,1-4H3/t11-/m0/s1. The lowest BCUT2D eigenvalue weighted by Gasteiger charge is -2.31. The molecule has 1 aliphatic heterocycles. The zero-order chi connectivity index (χ0) is 10.6. The van der Waals surface area contributed by atoms with Gasteiger partial charge in [0.1, 0.15) is 0 Å². The number of nitrogens with zero attached hydrogens (tertiary/aromatic N) is 1. The van der Waals surface area contributed by atoms with E-state index in [0.717, 1.165) is 32.2 Å². The fourth-order valence-electron chi connectivity index (χ4n) is 2.33. The van der Waals surface area contributed by atoms with Gasteiger partial charge in [-0.2, -0.15) is 0 Å². The van der Waals surface area contributed by atoms with Crippen molar-refractivity contribution in [3.05, 3.63) is 0 Å². The molecule has 0 unspecified atom stereocenters. The van der Waals surface area contributed by atoms with E-state index in [-0.39, 0.29) is 0 Å². The smallest absolute Gasteiger partial charge is 0.0594 e. The Morgan fingerprint density at radius 2 is 1.79 bits per heavy atom. The highest BCUT2D eigenvalue weighted by molar-refractivity contribution is 4.71. The minimum atomic E-state index is 0.464. The van der Waals surface area contributed by atoms with E-state index in [1.165, 1.54) is 13.0 Å². The van der Waals surface area contributed by atoms with E-state index in [4.69, 9.17) is 4.74 Å². The molecule has 84 valence electrons. The SMILES string of the molecule is C[C@H](CN1CCOCC1)CC(C)(C)C. The fraction of sp³-hybridized carbons (Fsp3) is 1.00. The molecule has 0 aromatic heterocycles. The zero-order valence-electron chi connectivity index (χ0n) is 10.2. The summed E-state index contributed by atoms with van der Waals surface area (Å²) >= 11 is 0. The first kappa shape index (κ1) is 12.0. The van der Waals surface area contributed by atoms with E-state index < -0.39 is 0 Å². The minimum absolute atomic E-state index is 0.464. The molecule has 1 heterocycles. The summed E-state index contributed by atoms with van der Waals surface area (Å²) in [6.45, 7) is 14.6. The number of morpholine rings is 1. The second-order valence-electron chi connectivity index (χ2n) is 5.78. The van der Waals surface area contributed by atoms with E-state index in [2.05, 4.69) is 32.6 Å². The first-order valence-corrected chi connectivity index (χ1v) is 5.77. The molecule has 1 saturated heterocycles. The van der Waals surface area contributed by atoms with E-state index in [1.807, 2.05) is 0 Å². The van der Waals surface area contributed by atoms with Gasteiger partial charge in [0.25, 0.3) is 0 Å². The quantitative estimate of drug-likeness (QED) is 0.692. The van der Waals surface area contributed by atoms with Gasteiger partial charge in [-0.25, -0.2) is 0 Å². The van der Waals surface area contributed by atoms with Gasteiger partial charge in [0, 0.05) is 19.6 Å². The molecule has 1 rings (SSSR count). The van der Waals surface area contributed by atoms with Crippen molar-refractivity contribution in [2.75, 3.05) is 32.8 Å². The summed E-state index contributed by atoms with van der Waals surface area (Å²) < 4.78 is 5.34. The summed E-state index contributed by atoms with van der Waals surface area (Å²) in [6, 6.07) is 0. The molecular formula is C12H25NO. The number of hydrogen-bond donors (Lipinski definition) is 0. The topological polar surface area (TPSA) is 12.5 Å². The summed E-state index contributed by atoms with van der Waals surface area (Å²) in [5.74, 6) is 0.799. The zero-order valence-corrected chi connectivity index (χ0v) is 10.2. The van der Waals surface area contributed by atoms with Crippen molar-refractivity contribution in [3.63, 3.8) is 0 Å². The van der Waals surface area contributed by atoms with Crippen LogP contribution in [0.25, 0.3) is 0 Å². The van der Waals surface area contributed by atoms with Crippen LogP contribution in [0.2, 0.25) is 0 Å². The van der Waals surface area contributed by atoms with Crippen LogP contribution in [0.15, 0.2) is 0 Å². The Balaban J connectivity index is 2.21. The molecule has 1 atom stereocenters. The maximum Gasteiger partial charge on any atom is 0.0594 e. The van der Waals surface area contributed by atoms with Crippen LogP contribution in [0.1, 0.15) is 34.1 Å². The summed E-state index contributed by atoms with van der Waals surface area (Å²) in [5, 5.41) is 0. The van der Waals surface area contributed by atoms with Gasteiger partial charge in [-0.3, -0.25) is 4.90 Å². The molecule has 0 aliphatic carbocycles. The molecule has 0 aromatic carbocycles. The van der Waals surface area contributed by atoms with Crippen molar-refractivity contribution in [2.45, 2.75) is 34.1 Å². The number of hydrogen-bond acceptors (Lipinski definition) is 2. The largest absolute Gasteiger partial charge is 0.379 e. The van der Waals surface area contributed by atoms with Crippen LogP contribution in [0.5, 0.6) is 0 Å². The van der Waals surface area contributed by atoms with Crippen LogP contribution in [-0.4, -0.2) is 37.7 Å². The Kier molecular flexibility index (Phi) is 4.39. The lowest BCUT2D eigenvalue weighted by Crippen LogP contribution is -2.39. The van der Waals surface area contributed by atoms with Crippen molar-refractivity contribution < 1.29 is 4.74 Å². The molecular weight excluding hydrogens is 174 g/mol. The highest BCUT2D eigenvalue weighted by atomic mass is 16.5. The third-order valence-corrected chi connectivity index (χ3v) is 2.63. The molecule has 2 heteroatoms. The van der Waals surface area contributed by atoms with Crippen molar-refractivity contribution in [1.82, 2.24) is 4.90 Å². The molecule has 0 saturated carbocycles. The van der Waals surface area contributed by atoms with E-state index in [1.54, 1.807) is 0 Å². The molecule has 1 aliphatic rings. The van der Waals surface area contributed by atoms with E-state index >= 15 is 0 Å². The Morgan fingerprint density at radius 3 is 2.29 bits per heavy atom. The average molecular weight is 199 g/mol. The number of ether oxygens (including phenoxy) is 1. The minimum Gasteiger partial charge on any atom is -0.379 e.